The Morgan fingerprint density at radius 1 is 1.04 bits per heavy atom. The number of nitrogens with one attached hydrogen (secondary N) is 1. The van der Waals surface area contributed by atoms with Crippen LogP contribution in [0.3, 0.4) is 0 Å². The number of imidazole rings is 1. The largest absolute Gasteiger partial charge is 0.332 e. The maximum Gasteiger partial charge on any atom is 0.332 e. The number of hydrogen-bond donors (Lipinski definition) is 1. The minimum absolute atomic E-state index is 0.0821. The Kier molecular flexibility index (Phi) is 4.77. The molecule has 0 spiro atoms. The van der Waals surface area contributed by atoms with Gasteiger partial charge in [-0.15, -0.1) is 5.10 Å². The summed E-state index contributed by atoms with van der Waals surface area (Å²) >= 11 is 1.40. The van der Waals surface area contributed by atoms with Crippen molar-refractivity contribution in [3.05, 3.63) is 20.8 Å². The number of thioether (sulfide) groups is 1. The lowest BCUT2D eigenvalue weighted by Gasteiger charge is -2.30. The number of aryl methyl sites for hydroxylation is 2. The van der Waals surface area contributed by atoms with Crippen LogP contribution in [0.4, 0.5) is 5.95 Å². The van der Waals surface area contributed by atoms with Crippen molar-refractivity contribution >= 4 is 39.9 Å². The number of anilines is 1. The zero-order chi connectivity index (χ0) is 20.0. The number of hydrazone groups is 1. The van der Waals surface area contributed by atoms with Crippen LogP contribution in [0.1, 0.15) is 32.1 Å². The van der Waals surface area contributed by atoms with Crippen LogP contribution in [0.15, 0.2) is 14.7 Å². The number of rotatable bonds is 3. The van der Waals surface area contributed by atoms with Gasteiger partial charge >= 0.3 is 5.69 Å². The SMILES string of the molecule is Cn1c(=O)c2c(nc(N/N=C3\SCC(=O)N3C3CCCCC3)n2C)n(C)c1=O. The molecule has 0 bridgehead atoms. The average Bonchev–Trinajstić information content (AvgIpc) is 3.23. The van der Waals surface area contributed by atoms with E-state index in [1.54, 1.807) is 23.6 Å². The first-order valence-electron chi connectivity index (χ1n) is 9.31. The fourth-order valence-electron chi connectivity index (χ4n) is 3.87. The molecule has 28 heavy (non-hydrogen) atoms. The number of nitrogens with zero attached hydrogens (tertiary/aromatic N) is 6. The predicted molar refractivity (Wildman–Crippen MR) is 108 cm³/mol. The molecule has 1 saturated carbocycles. The van der Waals surface area contributed by atoms with E-state index in [1.165, 1.54) is 29.8 Å². The van der Waals surface area contributed by atoms with E-state index in [-0.39, 0.29) is 17.6 Å². The molecule has 1 aliphatic carbocycles. The van der Waals surface area contributed by atoms with Crippen LogP contribution in [0.5, 0.6) is 0 Å². The van der Waals surface area contributed by atoms with Crippen molar-refractivity contribution in [3.8, 4) is 0 Å². The van der Waals surface area contributed by atoms with E-state index in [0.29, 0.717) is 22.4 Å². The van der Waals surface area contributed by atoms with Gasteiger partial charge < -0.3 is 4.57 Å². The molecular formula is C17H23N7O3S. The summed E-state index contributed by atoms with van der Waals surface area (Å²) in [6.07, 6.45) is 5.46. The lowest BCUT2D eigenvalue weighted by atomic mass is 9.94. The first-order chi connectivity index (χ1) is 13.4. The van der Waals surface area contributed by atoms with Crippen molar-refractivity contribution < 1.29 is 4.79 Å². The van der Waals surface area contributed by atoms with Gasteiger partial charge in [-0.25, -0.2) is 10.2 Å². The third-order valence-corrected chi connectivity index (χ3v) is 6.40. The van der Waals surface area contributed by atoms with E-state index in [1.807, 2.05) is 0 Å². The van der Waals surface area contributed by atoms with Gasteiger partial charge in [-0.05, 0) is 12.8 Å². The minimum atomic E-state index is -0.436. The summed E-state index contributed by atoms with van der Waals surface area (Å²) in [6, 6.07) is 0.199. The summed E-state index contributed by atoms with van der Waals surface area (Å²) in [5.74, 6) is 0.803. The number of aromatic nitrogens is 4. The summed E-state index contributed by atoms with van der Waals surface area (Å²) in [4.78, 5) is 43.1. The molecule has 4 rings (SSSR count). The molecule has 0 radical (unpaired) electrons. The number of carbonyl (C=O) groups excluding carboxylic acids is 1. The molecule has 2 aliphatic rings. The second-order valence-electron chi connectivity index (χ2n) is 7.22. The van der Waals surface area contributed by atoms with E-state index in [9.17, 15) is 14.4 Å². The summed E-state index contributed by atoms with van der Waals surface area (Å²) in [5.41, 5.74) is 2.64. The maximum atomic E-state index is 12.5. The predicted octanol–water partition coefficient (Wildman–Crippen LogP) is 0.562. The second-order valence-corrected chi connectivity index (χ2v) is 8.17. The quantitative estimate of drug-likeness (QED) is 0.748. The Hall–Kier alpha value is -2.56. The average molecular weight is 405 g/mol. The van der Waals surface area contributed by atoms with Gasteiger partial charge in [0.1, 0.15) is 0 Å². The van der Waals surface area contributed by atoms with Crippen LogP contribution >= 0.6 is 11.8 Å². The summed E-state index contributed by atoms with van der Waals surface area (Å²) < 4.78 is 3.96. The number of amides is 1. The van der Waals surface area contributed by atoms with Crippen molar-refractivity contribution in [1.29, 1.82) is 0 Å². The van der Waals surface area contributed by atoms with E-state index < -0.39 is 11.2 Å². The van der Waals surface area contributed by atoms with Gasteiger partial charge in [-0.3, -0.25) is 23.6 Å². The number of hydrogen-bond acceptors (Lipinski definition) is 7. The van der Waals surface area contributed by atoms with Gasteiger partial charge in [0.25, 0.3) is 5.56 Å². The Labute approximate surface area is 165 Å². The Bertz CT molecular complexity index is 1090. The summed E-state index contributed by atoms with van der Waals surface area (Å²) in [7, 11) is 4.70. The van der Waals surface area contributed by atoms with Crippen molar-refractivity contribution in [1.82, 2.24) is 23.6 Å². The summed E-state index contributed by atoms with van der Waals surface area (Å²) in [5, 5.41) is 5.05. The van der Waals surface area contributed by atoms with Crippen LogP contribution in [0.25, 0.3) is 11.2 Å². The highest BCUT2D eigenvalue weighted by atomic mass is 32.2. The van der Waals surface area contributed by atoms with Crippen molar-refractivity contribution in [3.63, 3.8) is 0 Å². The van der Waals surface area contributed by atoms with E-state index in [0.717, 1.165) is 30.3 Å². The normalized spacial score (nSPS) is 19.9. The molecule has 1 saturated heterocycles. The third-order valence-electron chi connectivity index (χ3n) is 5.47. The molecule has 0 atom stereocenters. The Morgan fingerprint density at radius 2 is 1.75 bits per heavy atom. The molecule has 2 aromatic heterocycles. The molecule has 1 amide bonds. The van der Waals surface area contributed by atoms with Crippen LogP contribution in [-0.2, 0) is 25.9 Å². The number of carbonyl (C=O) groups is 1. The Balaban J connectivity index is 1.68. The smallest absolute Gasteiger partial charge is 0.306 e. The molecule has 3 heterocycles. The zero-order valence-electron chi connectivity index (χ0n) is 16.1. The molecule has 0 aromatic carbocycles. The summed E-state index contributed by atoms with van der Waals surface area (Å²) in [6.45, 7) is 0. The number of fused-ring (bicyclic) bond motifs is 1. The minimum Gasteiger partial charge on any atom is -0.306 e. The topological polar surface area (TPSA) is 107 Å². The van der Waals surface area contributed by atoms with E-state index in [2.05, 4.69) is 15.5 Å². The van der Waals surface area contributed by atoms with Gasteiger partial charge in [-0.2, -0.15) is 4.98 Å². The van der Waals surface area contributed by atoms with Crippen molar-refractivity contribution in [2.75, 3.05) is 11.2 Å². The van der Waals surface area contributed by atoms with Crippen molar-refractivity contribution in [2.45, 2.75) is 38.1 Å². The highest BCUT2D eigenvalue weighted by Gasteiger charge is 2.35. The van der Waals surface area contributed by atoms with Crippen LogP contribution in [-0.4, -0.2) is 46.5 Å². The van der Waals surface area contributed by atoms with E-state index in [4.69, 9.17) is 0 Å². The first kappa shape index (κ1) is 18.8. The fraction of sp³-hybridized carbons (Fsp3) is 0.588. The Morgan fingerprint density at radius 3 is 2.46 bits per heavy atom. The van der Waals surface area contributed by atoms with Gasteiger partial charge in [0.2, 0.25) is 11.9 Å². The van der Waals surface area contributed by atoms with Crippen LogP contribution in [0.2, 0.25) is 0 Å². The highest BCUT2D eigenvalue weighted by Crippen LogP contribution is 2.30. The standard InChI is InChI=1S/C17H23N7O3S/c1-21-12-13(22(2)17(27)23(3)14(12)26)18-15(21)19-20-16-24(11(25)9-28-16)10-7-5-4-6-8-10/h10H,4-9H2,1-3H3,(H,18,19)/b20-16-. The van der Waals surface area contributed by atoms with Crippen molar-refractivity contribution in [2.24, 2.45) is 26.2 Å². The molecule has 150 valence electrons. The molecule has 11 heteroatoms. The molecular weight excluding hydrogens is 382 g/mol. The molecule has 1 N–H and O–H groups in total. The second kappa shape index (κ2) is 7.12. The number of amidine groups is 1. The van der Waals surface area contributed by atoms with Gasteiger partial charge in [-0.1, -0.05) is 31.0 Å². The monoisotopic (exact) mass is 405 g/mol. The lowest BCUT2D eigenvalue weighted by molar-refractivity contribution is -0.126. The molecule has 10 nitrogen and oxygen atoms in total. The molecule has 0 unspecified atom stereocenters. The molecule has 1 aliphatic heterocycles. The molecule has 2 aromatic rings. The maximum absolute atomic E-state index is 12.5. The lowest BCUT2D eigenvalue weighted by Crippen LogP contribution is -2.41. The van der Waals surface area contributed by atoms with E-state index >= 15 is 0 Å². The first-order valence-corrected chi connectivity index (χ1v) is 10.3. The van der Waals surface area contributed by atoms with Gasteiger partial charge in [0, 0.05) is 27.2 Å². The highest BCUT2D eigenvalue weighted by molar-refractivity contribution is 8.15. The van der Waals surface area contributed by atoms with Crippen LogP contribution < -0.4 is 16.7 Å². The van der Waals surface area contributed by atoms with Crippen LogP contribution in [0, 0.1) is 0 Å². The van der Waals surface area contributed by atoms with Gasteiger partial charge in [0.05, 0.1) is 5.75 Å². The molecule has 2 fully saturated rings. The fourth-order valence-corrected chi connectivity index (χ4v) is 4.77. The van der Waals surface area contributed by atoms with Gasteiger partial charge in [0.15, 0.2) is 16.3 Å². The zero-order valence-corrected chi connectivity index (χ0v) is 17.0. The third kappa shape index (κ3) is 2.93.